The van der Waals surface area contributed by atoms with Crippen molar-refractivity contribution in [1.29, 1.82) is 0 Å². The van der Waals surface area contributed by atoms with Crippen molar-refractivity contribution < 1.29 is 20.1 Å². The van der Waals surface area contributed by atoms with Gasteiger partial charge in [-0.25, -0.2) is 0 Å². The van der Waals surface area contributed by atoms with Crippen molar-refractivity contribution in [2.45, 2.75) is 88.1 Å². The predicted octanol–water partition coefficient (Wildman–Crippen LogP) is 4.62. The van der Waals surface area contributed by atoms with E-state index in [1.807, 2.05) is 30.0 Å². The Morgan fingerprint density at radius 1 is 1.14 bits per heavy atom. The Morgan fingerprint density at radius 2 is 1.82 bits per heavy atom. The Morgan fingerprint density at radius 3 is 2.50 bits per heavy atom. The molecule has 4 atom stereocenters. The van der Waals surface area contributed by atoms with Gasteiger partial charge >= 0.3 is 5.97 Å². The summed E-state index contributed by atoms with van der Waals surface area (Å²) in [6.07, 6.45) is 6.16. The summed E-state index contributed by atoms with van der Waals surface area (Å²) in [6.45, 7) is 4.18. The van der Waals surface area contributed by atoms with Crippen molar-refractivity contribution in [2.24, 2.45) is 5.92 Å². The van der Waals surface area contributed by atoms with Crippen LogP contribution in [0.2, 0.25) is 0 Å². The molecule has 0 heterocycles. The molecule has 3 N–H and O–H groups in total. The summed E-state index contributed by atoms with van der Waals surface area (Å²) in [4.78, 5) is 10.6. The van der Waals surface area contributed by atoms with E-state index in [1.165, 1.54) is 0 Å². The first-order chi connectivity index (χ1) is 13.3. The van der Waals surface area contributed by atoms with Crippen molar-refractivity contribution >= 4 is 17.7 Å². The zero-order chi connectivity index (χ0) is 20.6. The lowest BCUT2D eigenvalue weighted by molar-refractivity contribution is -0.137. The van der Waals surface area contributed by atoms with E-state index in [1.54, 1.807) is 0 Å². The van der Waals surface area contributed by atoms with Crippen LogP contribution in [0.4, 0.5) is 0 Å². The standard InChI is InChI=1S/C23H36O4S/c1-23(2,17-10-6-5-7-11-17)21(25)16-28-20-15-14-19(24)18(20)12-8-3-4-9-13-22(26)27/h5-7,10-11,18-21,24-25H,3-4,8-9,12-16H2,1-2H3,(H,26,27). The van der Waals surface area contributed by atoms with E-state index in [4.69, 9.17) is 5.11 Å². The molecule has 1 aliphatic rings. The molecule has 0 aliphatic heterocycles. The van der Waals surface area contributed by atoms with Crippen molar-refractivity contribution in [3.8, 4) is 0 Å². The van der Waals surface area contributed by atoms with Crippen molar-refractivity contribution in [1.82, 2.24) is 0 Å². The second-order valence-electron chi connectivity index (χ2n) is 8.63. The third-order valence-electron chi connectivity index (χ3n) is 6.22. The largest absolute Gasteiger partial charge is 0.481 e. The van der Waals surface area contributed by atoms with Gasteiger partial charge in [0, 0.05) is 22.8 Å². The lowest BCUT2D eigenvalue weighted by Crippen LogP contribution is -2.36. The minimum Gasteiger partial charge on any atom is -0.481 e. The molecule has 0 aromatic heterocycles. The maximum absolute atomic E-state index is 10.8. The molecule has 0 spiro atoms. The Balaban J connectivity index is 1.77. The fourth-order valence-electron chi connectivity index (χ4n) is 4.09. The first kappa shape index (κ1) is 23.2. The number of benzene rings is 1. The predicted molar refractivity (Wildman–Crippen MR) is 116 cm³/mol. The van der Waals surface area contributed by atoms with E-state index in [2.05, 4.69) is 26.0 Å². The van der Waals surface area contributed by atoms with Crippen LogP contribution in [0.1, 0.15) is 70.8 Å². The summed E-state index contributed by atoms with van der Waals surface area (Å²) in [5.74, 6) is 0.241. The number of rotatable bonds is 12. The summed E-state index contributed by atoms with van der Waals surface area (Å²) in [7, 11) is 0. The van der Waals surface area contributed by atoms with Crippen LogP contribution in [0.3, 0.4) is 0 Å². The number of carboxylic acids is 1. The van der Waals surface area contributed by atoms with Crippen LogP contribution in [-0.2, 0) is 10.2 Å². The molecular weight excluding hydrogens is 372 g/mol. The minimum absolute atomic E-state index is 0.240. The van der Waals surface area contributed by atoms with Crippen LogP contribution in [0.5, 0.6) is 0 Å². The maximum atomic E-state index is 10.8. The molecule has 158 valence electrons. The molecule has 1 saturated carbocycles. The molecule has 28 heavy (non-hydrogen) atoms. The van der Waals surface area contributed by atoms with Crippen LogP contribution < -0.4 is 0 Å². The lowest BCUT2D eigenvalue weighted by atomic mass is 9.80. The van der Waals surface area contributed by atoms with Gasteiger partial charge in [0.2, 0.25) is 0 Å². The quantitative estimate of drug-likeness (QED) is 0.440. The van der Waals surface area contributed by atoms with Gasteiger partial charge in [-0.15, -0.1) is 0 Å². The normalized spacial score (nSPS) is 23.6. The zero-order valence-corrected chi connectivity index (χ0v) is 18.0. The molecule has 1 aliphatic carbocycles. The second-order valence-corrected chi connectivity index (χ2v) is 9.90. The molecule has 5 heteroatoms. The Bertz CT molecular complexity index is 590. The first-order valence-electron chi connectivity index (χ1n) is 10.6. The van der Waals surface area contributed by atoms with E-state index in [0.29, 0.717) is 11.0 Å². The molecule has 0 amide bonds. The van der Waals surface area contributed by atoms with Gasteiger partial charge in [0.05, 0.1) is 12.2 Å². The van der Waals surface area contributed by atoms with E-state index in [9.17, 15) is 15.0 Å². The summed E-state index contributed by atoms with van der Waals surface area (Å²) in [5.41, 5.74) is 0.845. The highest BCUT2D eigenvalue weighted by Crippen LogP contribution is 2.40. The van der Waals surface area contributed by atoms with E-state index in [0.717, 1.165) is 50.5 Å². The highest BCUT2D eigenvalue weighted by Gasteiger charge is 2.36. The third-order valence-corrected chi connectivity index (χ3v) is 7.74. The fourth-order valence-corrected chi connectivity index (χ4v) is 5.80. The number of aliphatic hydroxyl groups excluding tert-OH is 2. The number of aliphatic carboxylic acids is 1. The number of thioether (sulfide) groups is 1. The van der Waals surface area contributed by atoms with Gasteiger partial charge < -0.3 is 15.3 Å². The van der Waals surface area contributed by atoms with E-state index < -0.39 is 12.1 Å². The molecule has 4 nitrogen and oxygen atoms in total. The molecule has 1 aromatic carbocycles. The van der Waals surface area contributed by atoms with Crippen LogP contribution in [0.15, 0.2) is 30.3 Å². The zero-order valence-electron chi connectivity index (χ0n) is 17.2. The average Bonchev–Trinajstić information content (AvgIpc) is 3.02. The van der Waals surface area contributed by atoms with Crippen molar-refractivity contribution in [2.75, 3.05) is 5.75 Å². The van der Waals surface area contributed by atoms with Gasteiger partial charge in [0.1, 0.15) is 0 Å². The summed E-state index contributed by atoms with van der Waals surface area (Å²) < 4.78 is 0. The number of carboxylic acid groups (broad SMARTS) is 1. The molecule has 4 unspecified atom stereocenters. The van der Waals surface area contributed by atoms with Gasteiger partial charge in [-0.2, -0.15) is 11.8 Å². The van der Waals surface area contributed by atoms with E-state index in [-0.39, 0.29) is 23.9 Å². The molecule has 0 radical (unpaired) electrons. The number of carbonyl (C=O) groups is 1. The van der Waals surface area contributed by atoms with Crippen LogP contribution in [-0.4, -0.2) is 44.5 Å². The van der Waals surface area contributed by atoms with Gasteiger partial charge in [0.25, 0.3) is 0 Å². The molecule has 1 aromatic rings. The van der Waals surface area contributed by atoms with Crippen LogP contribution >= 0.6 is 11.8 Å². The number of aliphatic hydroxyl groups is 2. The first-order valence-corrected chi connectivity index (χ1v) is 11.6. The van der Waals surface area contributed by atoms with Gasteiger partial charge in [-0.3, -0.25) is 4.79 Å². The summed E-state index contributed by atoms with van der Waals surface area (Å²) >= 11 is 1.81. The average molecular weight is 409 g/mol. The van der Waals surface area contributed by atoms with Crippen LogP contribution in [0, 0.1) is 5.92 Å². The maximum Gasteiger partial charge on any atom is 0.303 e. The smallest absolute Gasteiger partial charge is 0.303 e. The van der Waals surface area contributed by atoms with Gasteiger partial charge in [0.15, 0.2) is 0 Å². The van der Waals surface area contributed by atoms with Gasteiger partial charge in [-0.05, 0) is 37.2 Å². The fraction of sp³-hybridized carbons (Fsp3) is 0.696. The molecule has 2 rings (SSSR count). The summed E-state index contributed by atoms with van der Waals surface area (Å²) in [6, 6.07) is 10.2. The minimum atomic E-state index is -0.723. The number of hydrogen-bond acceptors (Lipinski definition) is 4. The third kappa shape index (κ3) is 6.78. The number of hydrogen-bond donors (Lipinski definition) is 3. The second kappa shape index (κ2) is 11.2. The lowest BCUT2D eigenvalue weighted by Gasteiger charge is -2.32. The molecule has 0 bridgehead atoms. The Kier molecular flexibility index (Phi) is 9.32. The molecular formula is C23H36O4S. The SMILES string of the molecule is CC(C)(c1ccccc1)C(O)CSC1CCC(O)C1CCCCCCC(=O)O. The topological polar surface area (TPSA) is 77.8 Å². The number of unbranched alkanes of at least 4 members (excludes halogenated alkanes) is 3. The summed E-state index contributed by atoms with van der Waals surface area (Å²) in [5, 5.41) is 30.3. The Hall–Kier alpha value is -1.04. The van der Waals surface area contributed by atoms with Gasteiger partial charge in [-0.1, -0.05) is 63.4 Å². The molecule has 1 fully saturated rings. The van der Waals surface area contributed by atoms with Crippen molar-refractivity contribution in [3.05, 3.63) is 35.9 Å². The monoisotopic (exact) mass is 408 g/mol. The highest BCUT2D eigenvalue weighted by molar-refractivity contribution is 7.99. The van der Waals surface area contributed by atoms with Crippen LogP contribution in [0.25, 0.3) is 0 Å². The Labute approximate surface area is 173 Å². The van der Waals surface area contributed by atoms with E-state index >= 15 is 0 Å². The molecule has 0 saturated heterocycles. The van der Waals surface area contributed by atoms with Crippen molar-refractivity contribution in [3.63, 3.8) is 0 Å². The highest BCUT2D eigenvalue weighted by atomic mass is 32.2.